The Balaban J connectivity index is 0.893. The van der Waals surface area contributed by atoms with Crippen LogP contribution in [0.3, 0.4) is 0 Å². The van der Waals surface area contributed by atoms with Crippen molar-refractivity contribution in [3.63, 3.8) is 0 Å². The molecule has 1 aliphatic heterocycles. The molecule has 3 nitrogen and oxygen atoms in total. The maximum Gasteiger partial charge on any atom is 0.140 e. The zero-order chi connectivity index (χ0) is 45.6. The van der Waals surface area contributed by atoms with Crippen LogP contribution >= 0.6 is 0 Å². The number of nitrogens with zero attached hydrogens (tertiary/aromatic N) is 1. The van der Waals surface area contributed by atoms with E-state index in [1.54, 1.807) is 0 Å². The van der Waals surface area contributed by atoms with Crippen LogP contribution in [0.1, 0.15) is 53.6 Å². The second-order valence-corrected chi connectivity index (χ2v) is 19.7. The number of ether oxygens (including phenoxy) is 1. The number of allylic oxidation sites excluding steroid dienone is 2. The third-order valence-corrected chi connectivity index (χ3v) is 15.9. The van der Waals surface area contributed by atoms with E-state index in [4.69, 9.17) is 9.15 Å². The first-order chi connectivity index (χ1) is 34.0. The average molecular weight is 882 g/mol. The SMILES string of the molecule is CC1(C)C2=C(c3ccc#cc31)C(N(c1ccc(-c3ccc4c(c3)-c3ccccc3C43c4ccc5ccccc5c4Oc4c3ccc3ccccc43)cc1)c1ccc3c(c1)oc1ccccc13)CC=C2. The van der Waals surface area contributed by atoms with Gasteiger partial charge in [-0.05, 0) is 116 Å². The summed E-state index contributed by atoms with van der Waals surface area (Å²) in [5.74, 6) is 1.86. The Kier molecular flexibility index (Phi) is 7.81. The van der Waals surface area contributed by atoms with Crippen molar-refractivity contribution in [3.05, 3.63) is 257 Å². The molecule has 0 bridgehead atoms. The van der Waals surface area contributed by atoms with Gasteiger partial charge in [-0.25, -0.2) is 0 Å². The van der Waals surface area contributed by atoms with E-state index in [0.29, 0.717) is 0 Å². The monoisotopic (exact) mass is 881 g/mol. The van der Waals surface area contributed by atoms with Crippen LogP contribution in [0.2, 0.25) is 0 Å². The molecule has 15 rings (SSSR count). The molecular weight excluding hydrogens is 839 g/mol. The summed E-state index contributed by atoms with van der Waals surface area (Å²) < 4.78 is 13.7. The molecule has 3 heteroatoms. The molecule has 11 aromatic rings. The Morgan fingerprint density at radius 3 is 1.94 bits per heavy atom. The molecule has 0 fully saturated rings. The van der Waals surface area contributed by atoms with E-state index in [1.807, 2.05) is 12.1 Å². The molecule has 0 radical (unpaired) electrons. The Bertz CT molecular complexity index is 3980. The molecule has 4 aliphatic rings. The summed E-state index contributed by atoms with van der Waals surface area (Å²) in [5.41, 5.74) is 18.2. The minimum Gasteiger partial charge on any atom is -0.456 e. The lowest BCUT2D eigenvalue weighted by atomic mass is 9.65. The summed E-state index contributed by atoms with van der Waals surface area (Å²) in [6.07, 6.45) is 5.57. The van der Waals surface area contributed by atoms with Crippen LogP contribution < -0.4 is 9.64 Å². The van der Waals surface area contributed by atoms with E-state index in [0.717, 1.165) is 62.0 Å². The lowest BCUT2D eigenvalue weighted by molar-refractivity contribution is 0.447. The Labute approximate surface area is 400 Å². The molecule has 3 aliphatic carbocycles. The van der Waals surface area contributed by atoms with Crippen LogP contribution in [0, 0.1) is 12.1 Å². The van der Waals surface area contributed by atoms with Crippen LogP contribution in [0.15, 0.2) is 216 Å². The first-order valence-electron chi connectivity index (χ1n) is 24.1. The number of rotatable bonds is 4. The van der Waals surface area contributed by atoms with Crippen LogP contribution in [0.5, 0.6) is 11.5 Å². The maximum absolute atomic E-state index is 7.19. The zero-order valence-electron chi connectivity index (χ0n) is 38.2. The van der Waals surface area contributed by atoms with Crippen molar-refractivity contribution in [1.29, 1.82) is 0 Å². The fourth-order valence-electron chi connectivity index (χ4n) is 12.8. The van der Waals surface area contributed by atoms with Gasteiger partial charge in [0.15, 0.2) is 0 Å². The second-order valence-electron chi connectivity index (χ2n) is 19.7. The minimum atomic E-state index is -0.585. The molecule has 69 heavy (non-hydrogen) atoms. The molecule has 1 atom stereocenters. The zero-order valence-corrected chi connectivity index (χ0v) is 38.2. The number of para-hydroxylation sites is 1. The van der Waals surface area contributed by atoms with Gasteiger partial charge in [-0.2, -0.15) is 0 Å². The van der Waals surface area contributed by atoms with E-state index in [2.05, 4.69) is 225 Å². The van der Waals surface area contributed by atoms with Crippen LogP contribution in [-0.2, 0) is 10.8 Å². The Morgan fingerprint density at radius 2 is 1.16 bits per heavy atom. The molecular formula is C66H43NO2. The van der Waals surface area contributed by atoms with Gasteiger partial charge in [0.25, 0.3) is 0 Å². The Hall–Kier alpha value is -8.58. The first-order valence-corrected chi connectivity index (χ1v) is 24.1. The van der Waals surface area contributed by atoms with Crippen molar-refractivity contribution >= 4 is 60.4 Å². The molecule has 10 aromatic carbocycles. The molecule has 1 unspecified atom stereocenters. The van der Waals surface area contributed by atoms with Gasteiger partial charge in [0.2, 0.25) is 0 Å². The fourth-order valence-corrected chi connectivity index (χ4v) is 12.8. The minimum absolute atomic E-state index is 0.0427. The predicted octanol–water partition coefficient (Wildman–Crippen LogP) is 16.8. The van der Waals surface area contributed by atoms with Crippen LogP contribution in [0.25, 0.3) is 71.3 Å². The third-order valence-electron chi connectivity index (χ3n) is 15.9. The highest BCUT2D eigenvalue weighted by atomic mass is 16.5. The fraction of sp³-hybridized carbons (Fsp3) is 0.0909. The van der Waals surface area contributed by atoms with Gasteiger partial charge in [-0.3, -0.25) is 0 Å². The van der Waals surface area contributed by atoms with Gasteiger partial charge in [-0.15, -0.1) is 0 Å². The molecule has 1 spiro atoms. The lowest BCUT2D eigenvalue weighted by Crippen LogP contribution is -2.33. The molecule has 0 N–H and O–H groups in total. The van der Waals surface area contributed by atoms with E-state index >= 15 is 0 Å². The molecule has 324 valence electrons. The van der Waals surface area contributed by atoms with Crippen LogP contribution in [-0.4, -0.2) is 6.04 Å². The smallest absolute Gasteiger partial charge is 0.140 e. The van der Waals surface area contributed by atoms with Crippen molar-refractivity contribution < 1.29 is 9.15 Å². The average Bonchev–Trinajstić information content (AvgIpc) is 4.00. The molecule has 0 amide bonds. The highest BCUT2D eigenvalue weighted by Crippen LogP contribution is 2.64. The molecule has 0 saturated heterocycles. The summed E-state index contributed by atoms with van der Waals surface area (Å²) in [4.78, 5) is 2.53. The number of furan rings is 1. The highest BCUT2D eigenvalue weighted by Gasteiger charge is 2.52. The largest absolute Gasteiger partial charge is 0.456 e. The number of benzene rings is 9. The summed E-state index contributed by atoms with van der Waals surface area (Å²) in [5, 5.41) is 6.84. The van der Waals surface area contributed by atoms with Crippen molar-refractivity contribution in [1.82, 2.24) is 0 Å². The third kappa shape index (κ3) is 5.18. The summed E-state index contributed by atoms with van der Waals surface area (Å²) in [6.45, 7) is 4.65. The van der Waals surface area contributed by atoms with Gasteiger partial charge < -0.3 is 14.1 Å². The molecule has 2 heterocycles. The summed E-state index contributed by atoms with van der Waals surface area (Å²) in [6, 6.07) is 78.0. The highest BCUT2D eigenvalue weighted by molar-refractivity contribution is 6.06. The van der Waals surface area contributed by atoms with Crippen molar-refractivity contribution in [2.24, 2.45) is 0 Å². The van der Waals surface area contributed by atoms with Gasteiger partial charge in [0.1, 0.15) is 22.7 Å². The molecule has 0 saturated carbocycles. The van der Waals surface area contributed by atoms with Gasteiger partial charge in [0.05, 0.1) is 11.5 Å². The van der Waals surface area contributed by atoms with E-state index in [9.17, 15) is 0 Å². The summed E-state index contributed by atoms with van der Waals surface area (Å²) >= 11 is 0. The van der Waals surface area contributed by atoms with E-state index in [1.165, 1.54) is 77.6 Å². The number of hydrogen-bond acceptors (Lipinski definition) is 3. The van der Waals surface area contributed by atoms with Crippen LogP contribution in [0.4, 0.5) is 11.4 Å². The standard InChI is InChI=1S/C66H43NO2/c1-65(2)53-21-10-8-20-51(53)62-56(65)23-13-24-59(62)67(45-33-34-50-49-19-9-12-25-60(49)68-61(50)39-45)44-31-26-40(27-32-44)43-30-35-55-52(38-43)48-18-7-11-22-54(48)66(55)57-36-28-41-14-3-5-16-46(41)63(57)69-64-47-17-6-4-15-42(47)29-37-58(64)66/h3-9,11-20,22-23,25-39,59H,24H2,1-2H3. The maximum atomic E-state index is 7.19. The predicted molar refractivity (Wildman–Crippen MR) is 282 cm³/mol. The van der Waals surface area contributed by atoms with Crippen molar-refractivity contribution in [2.75, 3.05) is 4.90 Å². The van der Waals surface area contributed by atoms with E-state index in [-0.39, 0.29) is 11.5 Å². The van der Waals surface area contributed by atoms with Crippen molar-refractivity contribution in [2.45, 2.75) is 37.1 Å². The van der Waals surface area contributed by atoms with Gasteiger partial charge in [-0.1, -0.05) is 178 Å². The first kappa shape index (κ1) is 38.5. The Morgan fingerprint density at radius 1 is 0.522 bits per heavy atom. The second kappa shape index (κ2) is 14.0. The summed E-state index contributed by atoms with van der Waals surface area (Å²) in [7, 11) is 0. The number of anilines is 2. The topological polar surface area (TPSA) is 25.6 Å². The number of hydrogen-bond donors (Lipinski definition) is 0. The van der Waals surface area contributed by atoms with E-state index < -0.39 is 5.41 Å². The molecule has 1 aromatic heterocycles. The van der Waals surface area contributed by atoms with Crippen molar-refractivity contribution in [3.8, 4) is 33.8 Å². The quantitative estimate of drug-likeness (QED) is 0.176. The lowest BCUT2D eigenvalue weighted by Gasteiger charge is -2.40. The normalized spacial score (nSPS) is 16.5. The van der Waals surface area contributed by atoms with Gasteiger partial charge >= 0.3 is 0 Å². The number of fused-ring (bicyclic) bond motifs is 18. The van der Waals surface area contributed by atoms with Gasteiger partial charge in [0, 0.05) is 61.1 Å².